The van der Waals surface area contributed by atoms with E-state index in [1.54, 1.807) is 31.9 Å². The Morgan fingerprint density at radius 2 is 1.92 bits per heavy atom. The van der Waals surface area contributed by atoms with E-state index in [2.05, 4.69) is 20.7 Å². The summed E-state index contributed by atoms with van der Waals surface area (Å²) in [6, 6.07) is 5.89. The van der Waals surface area contributed by atoms with Crippen LogP contribution in [0.5, 0.6) is 11.5 Å². The van der Waals surface area contributed by atoms with Gasteiger partial charge >= 0.3 is 0 Å². The maximum absolute atomic E-state index is 8.88. The van der Waals surface area contributed by atoms with Crippen molar-refractivity contribution in [2.24, 2.45) is 0 Å². The minimum Gasteiger partial charge on any atom is -0.493 e. The normalized spacial score (nSPS) is 10.9. The average molecular weight is 373 g/mol. The molecule has 6 nitrogen and oxygen atoms in total. The number of aromatic nitrogens is 2. The number of aliphatic hydroxyl groups is 1. The smallest absolute Gasteiger partial charge is 0.161 e. The van der Waals surface area contributed by atoms with Gasteiger partial charge in [-0.3, -0.25) is 0 Å². The number of methoxy groups -OCH3 is 2. The number of hydrogen-bond donors (Lipinski definition) is 2. The molecule has 26 heavy (non-hydrogen) atoms. The third kappa shape index (κ3) is 3.89. The summed E-state index contributed by atoms with van der Waals surface area (Å²) in [6.45, 7) is 1.05. The second-order valence-corrected chi connectivity index (χ2v) is 6.69. The summed E-state index contributed by atoms with van der Waals surface area (Å²) in [6.07, 6.45) is 4.40. The van der Waals surface area contributed by atoms with Crippen molar-refractivity contribution in [2.75, 3.05) is 32.7 Å². The first-order chi connectivity index (χ1) is 12.8. The lowest BCUT2D eigenvalue weighted by Crippen LogP contribution is -2.04. The third-order valence-electron chi connectivity index (χ3n) is 4.19. The van der Waals surface area contributed by atoms with Gasteiger partial charge in [-0.25, -0.2) is 9.97 Å². The van der Waals surface area contributed by atoms with Gasteiger partial charge in [0.2, 0.25) is 0 Å². The summed E-state index contributed by atoms with van der Waals surface area (Å²) >= 11 is 1.60. The number of unbranched alkanes of at least 4 members (excludes halogenated alkanes) is 2. The molecular weight excluding hydrogens is 350 g/mol. The molecule has 0 aliphatic carbocycles. The van der Waals surface area contributed by atoms with Gasteiger partial charge in [0.05, 0.1) is 19.6 Å². The number of hydrogen-bond acceptors (Lipinski definition) is 7. The van der Waals surface area contributed by atoms with Crippen LogP contribution in [0.25, 0.3) is 21.3 Å². The zero-order chi connectivity index (χ0) is 18.4. The lowest BCUT2D eigenvalue weighted by Gasteiger charge is -2.11. The van der Waals surface area contributed by atoms with E-state index in [9.17, 15) is 0 Å². The molecule has 0 saturated heterocycles. The number of aliphatic hydroxyl groups excluding tert-OH is 1. The van der Waals surface area contributed by atoms with Gasteiger partial charge in [0.1, 0.15) is 17.0 Å². The Kier molecular flexibility index (Phi) is 6.25. The molecule has 0 bridgehead atoms. The molecule has 0 amide bonds. The van der Waals surface area contributed by atoms with E-state index < -0.39 is 0 Å². The minimum atomic E-state index is 0.242. The second-order valence-electron chi connectivity index (χ2n) is 5.83. The Balaban J connectivity index is 1.92. The molecule has 0 fully saturated rings. The van der Waals surface area contributed by atoms with Gasteiger partial charge in [-0.2, -0.15) is 0 Å². The molecule has 0 radical (unpaired) electrons. The zero-order valence-electron chi connectivity index (χ0n) is 15.0. The fourth-order valence-electron chi connectivity index (χ4n) is 2.85. The molecule has 1 aromatic carbocycles. The van der Waals surface area contributed by atoms with Crippen molar-refractivity contribution >= 4 is 27.4 Å². The molecule has 2 N–H and O–H groups in total. The fraction of sp³-hybridized carbons (Fsp3) is 0.368. The number of benzene rings is 1. The predicted octanol–water partition coefficient (Wildman–Crippen LogP) is 3.95. The highest BCUT2D eigenvalue weighted by Crippen LogP contribution is 2.39. The third-order valence-corrected chi connectivity index (χ3v) is 5.08. The molecule has 2 heterocycles. The van der Waals surface area contributed by atoms with Crippen LogP contribution in [-0.2, 0) is 0 Å². The number of thiophene rings is 1. The van der Waals surface area contributed by atoms with Gasteiger partial charge in [-0.1, -0.05) is 6.07 Å². The number of nitrogens with zero attached hydrogens (tertiary/aromatic N) is 2. The van der Waals surface area contributed by atoms with E-state index in [0.717, 1.165) is 53.0 Å². The molecule has 3 aromatic rings. The highest BCUT2D eigenvalue weighted by molar-refractivity contribution is 7.17. The van der Waals surface area contributed by atoms with E-state index in [1.807, 2.05) is 18.2 Å². The Hall–Kier alpha value is -2.38. The molecule has 3 rings (SSSR count). The molecule has 0 saturated carbocycles. The molecule has 0 aliphatic heterocycles. The van der Waals surface area contributed by atoms with E-state index in [1.165, 1.54) is 0 Å². The van der Waals surface area contributed by atoms with Crippen LogP contribution in [0.2, 0.25) is 0 Å². The lowest BCUT2D eigenvalue weighted by molar-refractivity contribution is 0.283. The molecule has 0 unspecified atom stereocenters. The van der Waals surface area contributed by atoms with Gasteiger partial charge in [0, 0.05) is 24.1 Å². The molecule has 0 atom stereocenters. The Morgan fingerprint density at radius 1 is 1.08 bits per heavy atom. The number of fused-ring (bicyclic) bond motifs is 1. The standard InChI is InChI=1S/C19H23N3O3S/c1-24-15-7-6-13(10-16(15)25-2)14-11-26-19-17(14)18(21-12-22-19)20-8-4-3-5-9-23/h6-7,10-12,23H,3-5,8-9H2,1-2H3,(H,20,21,22). The van der Waals surface area contributed by atoms with Crippen molar-refractivity contribution in [1.82, 2.24) is 9.97 Å². The lowest BCUT2D eigenvalue weighted by atomic mass is 10.1. The minimum absolute atomic E-state index is 0.242. The first-order valence-corrected chi connectivity index (χ1v) is 9.45. The summed E-state index contributed by atoms with van der Waals surface area (Å²) in [7, 11) is 3.26. The average Bonchev–Trinajstić information content (AvgIpc) is 3.12. The summed E-state index contributed by atoms with van der Waals surface area (Å²) in [4.78, 5) is 9.79. The molecule has 2 aromatic heterocycles. The highest BCUT2D eigenvalue weighted by atomic mass is 32.1. The van der Waals surface area contributed by atoms with Crippen molar-refractivity contribution < 1.29 is 14.6 Å². The van der Waals surface area contributed by atoms with Crippen LogP contribution in [0, 0.1) is 0 Å². The van der Waals surface area contributed by atoms with Crippen molar-refractivity contribution in [3.8, 4) is 22.6 Å². The van der Waals surface area contributed by atoms with Gasteiger partial charge in [-0.15, -0.1) is 11.3 Å². The van der Waals surface area contributed by atoms with Crippen LogP contribution in [0.3, 0.4) is 0 Å². The maximum Gasteiger partial charge on any atom is 0.161 e. The van der Waals surface area contributed by atoms with Gasteiger partial charge in [-0.05, 0) is 37.0 Å². The highest BCUT2D eigenvalue weighted by Gasteiger charge is 2.15. The molecule has 0 aliphatic rings. The van der Waals surface area contributed by atoms with Crippen LogP contribution in [0.4, 0.5) is 5.82 Å². The first-order valence-electron chi connectivity index (χ1n) is 8.57. The second kappa shape index (κ2) is 8.82. The maximum atomic E-state index is 8.88. The van der Waals surface area contributed by atoms with Crippen LogP contribution in [0.1, 0.15) is 19.3 Å². The van der Waals surface area contributed by atoms with Gasteiger partial charge in [0.15, 0.2) is 11.5 Å². The fourth-order valence-corrected chi connectivity index (χ4v) is 3.76. The number of ether oxygens (including phenoxy) is 2. The van der Waals surface area contributed by atoms with E-state index in [0.29, 0.717) is 11.5 Å². The molecule has 0 spiro atoms. The Bertz CT molecular complexity index is 866. The SMILES string of the molecule is COc1ccc(-c2csc3ncnc(NCCCCCO)c23)cc1OC. The van der Waals surface area contributed by atoms with Crippen LogP contribution >= 0.6 is 11.3 Å². The van der Waals surface area contributed by atoms with Crippen molar-refractivity contribution in [3.05, 3.63) is 29.9 Å². The zero-order valence-corrected chi connectivity index (χ0v) is 15.8. The van der Waals surface area contributed by atoms with Gasteiger partial charge < -0.3 is 19.9 Å². The summed E-state index contributed by atoms with van der Waals surface area (Å²) < 4.78 is 10.8. The Morgan fingerprint density at radius 3 is 2.69 bits per heavy atom. The largest absolute Gasteiger partial charge is 0.493 e. The predicted molar refractivity (Wildman–Crippen MR) is 105 cm³/mol. The first kappa shape index (κ1) is 18.4. The van der Waals surface area contributed by atoms with Gasteiger partial charge in [0.25, 0.3) is 0 Å². The molecule has 138 valence electrons. The van der Waals surface area contributed by atoms with Crippen molar-refractivity contribution in [1.29, 1.82) is 0 Å². The summed E-state index contributed by atoms with van der Waals surface area (Å²) in [5.74, 6) is 2.24. The summed E-state index contributed by atoms with van der Waals surface area (Å²) in [5.41, 5.74) is 2.11. The number of rotatable bonds is 9. The van der Waals surface area contributed by atoms with Crippen LogP contribution < -0.4 is 14.8 Å². The van der Waals surface area contributed by atoms with E-state index in [-0.39, 0.29) is 6.61 Å². The molecule has 7 heteroatoms. The van der Waals surface area contributed by atoms with Crippen molar-refractivity contribution in [3.63, 3.8) is 0 Å². The number of nitrogens with one attached hydrogen (secondary N) is 1. The quantitative estimate of drug-likeness (QED) is 0.553. The topological polar surface area (TPSA) is 76.5 Å². The Labute approximate surface area is 156 Å². The monoisotopic (exact) mass is 373 g/mol. The number of anilines is 1. The summed E-state index contributed by atoms with van der Waals surface area (Å²) in [5, 5.41) is 15.4. The molecular formula is C19H23N3O3S. The van der Waals surface area contributed by atoms with Crippen LogP contribution in [0.15, 0.2) is 29.9 Å². The van der Waals surface area contributed by atoms with E-state index >= 15 is 0 Å². The van der Waals surface area contributed by atoms with E-state index in [4.69, 9.17) is 14.6 Å². The van der Waals surface area contributed by atoms with Crippen molar-refractivity contribution in [2.45, 2.75) is 19.3 Å². The van der Waals surface area contributed by atoms with Crippen LogP contribution in [-0.4, -0.2) is 42.4 Å².